The molecule has 0 aliphatic heterocycles. The highest BCUT2D eigenvalue weighted by molar-refractivity contribution is 6.39. The van der Waals surface area contributed by atoms with Gasteiger partial charge in [-0.05, 0) is 55.3 Å². The van der Waals surface area contributed by atoms with Crippen molar-refractivity contribution in [1.29, 1.82) is 0 Å². The van der Waals surface area contributed by atoms with Crippen molar-refractivity contribution in [3.05, 3.63) is 59.7 Å². The van der Waals surface area contributed by atoms with E-state index in [9.17, 15) is 9.59 Å². The molecule has 2 amide bonds. The number of hydrogen-bond acceptors (Lipinski definition) is 4. The van der Waals surface area contributed by atoms with Gasteiger partial charge in [0, 0.05) is 5.69 Å². The Bertz CT molecular complexity index is 739. The van der Waals surface area contributed by atoms with Crippen molar-refractivity contribution in [2.45, 2.75) is 13.8 Å². The summed E-state index contributed by atoms with van der Waals surface area (Å²) in [6.07, 6.45) is 1.45. The third kappa shape index (κ3) is 4.95. The molecule has 0 unspecified atom stereocenters. The summed E-state index contributed by atoms with van der Waals surface area (Å²) >= 11 is 0. The SMILES string of the molecule is CCOc1ccc(/C=N\NC(=O)C(=O)Nc2ccccc2C)cc1. The van der Waals surface area contributed by atoms with Gasteiger partial charge < -0.3 is 10.1 Å². The van der Waals surface area contributed by atoms with Gasteiger partial charge in [-0.15, -0.1) is 0 Å². The molecule has 6 nitrogen and oxygen atoms in total. The molecule has 0 heterocycles. The number of carbonyl (C=O) groups is 2. The second-order valence-electron chi connectivity index (χ2n) is 4.97. The molecule has 2 aromatic carbocycles. The first-order valence-corrected chi connectivity index (χ1v) is 7.53. The topological polar surface area (TPSA) is 79.8 Å². The number of aryl methyl sites for hydroxylation is 1. The standard InChI is InChI=1S/C18H19N3O3/c1-3-24-15-10-8-14(9-11-15)12-19-21-18(23)17(22)20-16-7-5-4-6-13(16)2/h4-12H,3H2,1-2H3,(H,20,22)(H,21,23)/b19-12-. The van der Waals surface area contributed by atoms with Crippen LogP contribution in [0.15, 0.2) is 53.6 Å². The number of ether oxygens (including phenoxy) is 1. The summed E-state index contributed by atoms with van der Waals surface area (Å²) in [6, 6.07) is 14.4. The van der Waals surface area contributed by atoms with Crippen LogP contribution in [-0.4, -0.2) is 24.6 Å². The first-order chi connectivity index (χ1) is 11.6. The molecule has 0 fully saturated rings. The van der Waals surface area contributed by atoms with E-state index in [1.165, 1.54) is 6.21 Å². The van der Waals surface area contributed by atoms with Gasteiger partial charge >= 0.3 is 11.8 Å². The van der Waals surface area contributed by atoms with Crippen molar-refractivity contribution >= 4 is 23.7 Å². The molecule has 0 saturated carbocycles. The summed E-state index contributed by atoms with van der Waals surface area (Å²) in [4.78, 5) is 23.5. The molecule has 6 heteroatoms. The average Bonchev–Trinajstić information content (AvgIpc) is 2.58. The van der Waals surface area contributed by atoms with E-state index in [2.05, 4.69) is 15.8 Å². The normalized spacial score (nSPS) is 10.4. The van der Waals surface area contributed by atoms with Crippen LogP contribution in [0.2, 0.25) is 0 Å². The number of hydrogen-bond donors (Lipinski definition) is 2. The fraction of sp³-hybridized carbons (Fsp3) is 0.167. The van der Waals surface area contributed by atoms with Crippen LogP contribution in [0.5, 0.6) is 5.75 Å². The van der Waals surface area contributed by atoms with Crippen LogP contribution in [0.1, 0.15) is 18.1 Å². The summed E-state index contributed by atoms with van der Waals surface area (Å²) in [5.74, 6) is -0.843. The number of anilines is 1. The van der Waals surface area contributed by atoms with E-state index in [1.54, 1.807) is 36.4 Å². The van der Waals surface area contributed by atoms with Crippen LogP contribution >= 0.6 is 0 Å². The minimum absolute atomic E-state index is 0.591. The van der Waals surface area contributed by atoms with Gasteiger partial charge in [0.05, 0.1) is 12.8 Å². The van der Waals surface area contributed by atoms with Crippen LogP contribution < -0.4 is 15.5 Å². The lowest BCUT2D eigenvalue weighted by atomic mass is 10.2. The van der Waals surface area contributed by atoms with Crippen molar-refractivity contribution in [2.24, 2.45) is 5.10 Å². The summed E-state index contributed by atoms with van der Waals surface area (Å²) in [7, 11) is 0. The molecule has 2 aromatic rings. The van der Waals surface area contributed by atoms with Gasteiger partial charge in [-0.2, -0.15) is 5.10 Å². The number of hydrazone groups is 1. The molecule has 0 bridgehead atoms. The van der Waals surface area contributed by atoms with Gasteiger partial charge in [0.25, 0.3) is 0 Å². The predicted molar refractivity (Wildman–Crippen MR) is 93.2 cm³/mol. The zero-order valence-corrected chi connectivity index (χ0v) is 13.6. The van der Waals surface area contributed by atoms with E-state index in [0.717, 1.165) is 16.9 Å². The molecule has 0 aliphatic rings. The lowest BCUT2D eigenvalue weighted by Crippen LogP contribution is -2.32. The maximum atomic E-state index is 11.8. The second-order valence-corrected chi connectivity index (χ2v) is 4.97. The number of nitrogens with zero attached hydrogens (tertiary/aromatic N) is 1. The summed E-state index contributed by atoms with van der Waals surface area (Å²) < 4.78 is 5.33. The van der Waals surface area contributed by atoms with Crippen LogP contribution in [0.4, 0.5) is 5.69 Å². The Morgan fingerprint density at radius 3 is 2.46 bits per heavy atom. The molecule has 0 spiro atoms. The molecule has 2 N–H and O–H groups in total. The highest BCUT2D eigenvalue weighted by Gasteiger charge is 2.13. The number of carbonyl (C=O) groups excluding carboxylic acids is 2. The Morgan fingerprint density at radius 2 is 1.79 bits per heavy atom. The molecule has 24 heavy (non-hydrogen) atoms. The molecule has 0 aliphatic carbocycles. The lowest BCUT2D eigenvalue weighted by Gasteiger charge is -2.06. The Kier molecular flexibility index (Phi) is 6.08. The van der Waals surface area contributed by atoms with Crippen molar-refractivity contribution in [1.82, 2.24) is 5.43 Å². The third-order valence-electron chi connectivity index (χ3n) is 3.17. The first-order valence-electron chi connectivity index (χ1n) is 7.53. The molecule has 0 atom stereocenters. The van der Waals surface area contributed by atoms with Gasteiger partial charge in [0.1, 0.15) is 5.75 Å². The minimum atomic E-state index is -0.833. The smallest absolute Gasteiger partial charge is 0.329 e. The minimum Gasteiger partial charge on any atom is -0.494 e. The van der Waals surface area contributed by atoms with Crippen LogP contribution in [0, 0.1) is 6.92 Å². The zero-order valence-electron chi connectivity index (χ0n) is 13.6. The van der Waals surface area contributed by atoms with Gasteiger partial charge in [-0.25, -0.2) is 5.43 Å². The maximum Gasteiger partial charge on any atom is 0.329 e. The van der Waals surface area contributed by atoms with E-state index in [0.29, 0.717) is 12.3 Å². The summed E-state index contributed by atoms with van der Waals surface area (Å²) in [5, 5.41) is 6.31. The second kappa shape index (κ2) is 8.47. The molecule has 124 valence electrons. The Labute approximate surface area is 140 Å². The first kappa shape index (κ1) is 17.2. The summed E-state index contributed by atoms with van der Waals surface area (Å²) in [6.45, 7) is 4.35. The zero-order chi connectivity index (χ0) is 17.4. The number of nitrogens with one attached hydrogen (secondary N) is 2. The summed E-state index contributed by atoms with van der Waals surface area (Å²) in [5.41, 5.74) is 4.44. The lowest BCUT2D eigenvalue weighted by molar-refractivity contribution is -0.136. The molecular formula is C18H19N3O3. The van der Waals surface area contributed by atoms with E-state index < -0.39 is 11.8 Å². The molecule has 0 radical (unpaired) electrons. The average molecular weight is 325 g/mol. The van der Waals surface area contributed by atoms with E-state index in [1.807, 2.05) is 26.0 Å². The quantitative estimate of drug-likeness (QED) is 0.503. The highest BCUT2D eigenvalue weighted by Crippen LogP contribution is 2.13. The number of para-hydroxylation sites is 1. The number of benzene rings is 2. The monoisotopic (exact) mass is 325 g/mol. The molecule has 2 rings (SSSR count). The fourth-order valence-electron chi connectivity index (χ4n) is 1.93. The maximum absolute atomic E-state index is 11.8. The van der Waals surface area contributed by atoms with Crippen molar-refractivity contribution in [2.75, 3.05) is 11.9 Å². The fourth-order valence-corrected chi connectivity index (χ4v) is 1.93. The van der Waals surface area contributed by atoms with Crippen molar-refractivity contribution in [3.8, 4) is 5.75 Å². The van der Waals surface area contributed by atoms with Crippen LogP contribution in [0.25, 0.3) is 0 Å². The van der Waals surface area contributed by atoms with Gasteiger partial charge in [-0.3, -0.25) is 9.59 Å². The Balaban J connectivity index is 1.87. The van der Waals surface area contributed by atoms with E-state index in [4.69, 9.17) is 4.74 Å². The molecular weight excluding hydrogens is 306 g/mol. The van der Waals surface area contributed by atoms with Gasteiger partial charge in [-0.1, -0.05) is 18.2 Å². The number of rotatable bonds is 5. The number of amides is 2. The van der Waals surface area contributed by atoms with E-state index in [-0.39, 0.29) is 0 Å². The van der Waals surface area contributed by atoms with Crippen LogP contribution in [0.3, 0.4) is 0 Å². The largest absolute Gasteiger partial charge is 0.494 e. The molecule has 0 saturated heterocycles. The van der Waals surface area contributed by atoms with Crippen molar-refractivity contribution < 1.29 is 14.3 Å². The van der Waals surface area contributed by atoms with Crippen molar-refractivity contribution in [3.63, 3.8) is 0 Å². The third-order valence-corrected chi connectivity index (χ3v) is 3.17. The predicted octanol–water partition coefficient (Wildman–Crippen LogP) is 2.48. The highest BCUT2D eigenvalue weighted by atomic mass is 16.5. The molecule has 0 aromatic heterocycles. The Hall–Kier alpha value is -3.15. The van der Waals surface area contributed by atoms with Gasteiger partial charge in [0.2, 0.25) is 0 Å². The van der Waals surface area contributed by atoms with E-state index >= 15 is 0 Å². The Morgan fingerprint density at radius 1 is 1.08 bits per heavy atom. The van der Waals surface area contributed by atoms with Gasteiger partial charge in [0.15, 0.2) is 0 Å². The van der Waals surface area contributed by atoms with Crippen LogP contribution in [-0.2, 0) is 9.59 Å².